The van der Waals surface area contributed by atoms with E-state index in [0.717, 1.165) is 6.42 Å². The van der Waals surface area contributed by atoms with Crippen LogP contribution in [0.25, 0.3) is 0 Å². The van der Waals surface area contributed by atoms with Crippen molar-refractivity contribution in [1.82, 2.24) is 5.32 Å². The van der Waals surface area contributed by atoms with Gasteiger partial charge in [0.25, 0.3) is 0 Å². The molecule has 0 aromatic rings. The summed E-state index contributed by atoms with van der Waals surface area (Å²) in [6.45, 7) is 2.54. The molecule has 0 spiro atoms. The van der Waals surface area contributed by atoms with E-state index in [0.29, 0.717) is 18.9 Å². The van der Waals surface area contributed by atoms with Gasteiger partial charge < -0.3 is 5.32 Å². The molecule has 0 fully saturated rings. The fourth-order valence-corrected chi connectivity index (χ4v) is 1.55. The van der Waals surface area contributed by atoms with E-state index in [1.807, 2.05) is 6.92 Å². The summed E-state index contributed by atoms with van der Waals surface area (Å²) in [6.07, 6.45) is 12.9. The van der Waals surface area contributed by atoms with Crippen molar-refractivity contribution in [1.29, 1.82) is 0 Å². The molecule has 1 N–H and O–H groups in total. The minimum absolute atomic E-state index is 0.123. The zero-order valence-electron chi connectivity index (χ0n) is 8.83. The Labute approximate surface area is 86.1 Å². The summed E-state index contributed by atoms with van der Waals surface area (Å²) in [6, 6.07) is 0. The largest absolute Gasteiger partial charge is 0.353 e. The van der Waals surface area contributed by atoms with E-state index in [-0.39, 0.29) is 5.91 Å². The summed E-state index contributed by atoms with van der Waals surface area (Å²) >= 11 is 0. The molecule has 1 unspecified atom stereocenters. The Morgan fingerprint density at radius 3 is 3.07 bits per heavy atom. The Morgan fingerprint density at radius 2 is 2.43 bits per heavy atom. The molecule has 1 amide bonds. The van der Waals surface area contributed by atoms with Crippen molar-refractivity contribution in [2.45, 2.75) is 32.6 Å². The third kappa shape index (κ3) is 4.26. The van der Waals surface area contributed by atoms with Crippen LogP contribution in [0.15, 0.2) is 24.3 Å². The minimum Gasteiger partial charge on any atom is -0.353 e. The smallest absolute Gasteiger partial charge is 0.219 e. The minimum atomic E-state index is 0.123. The number of hydrogen-bond donors (Lipinski definition) is 1. The molecule has 0 saturated carbocycles. The Balaban J connectivity index is 2.13. The molecular weight excluding hydrogens is 174 g/mol. The predicted molar refractivity (Wildman–Crippen MR) is 58.9 cm³/mol. The molecule has 0 bridgehead atoms. The molecule has 0 radical (unpaired) electrons. The third-order valence-corrected chi connectivity index (χ3v) is 2.46. The van der Waals surface area contributed by atoms with Crippen molar-refractivity contribution in [2.24, 2.45) is 5.92 Å². The maximum absolute atomic E-state index is 10.9. The molecule has 1 aliphatic carbocycles. The van der Waals surface area contributed by atoms with E-state index < -0.39 is 0 Å². The maximum Gasteiger partial charge on any atom is 0.219 e. The summed E-state index contributed by atoms with van der Waals surface area (Å²) in [5.41, 5.74) is 0. The molecule has 2 nitrogen and oxygen atoms in total. The maximum atomic E-state index is 10.9. The summed E-state index contributed by atoms with van der Waals surface area (Å²) in [4.78, 5) is 10.9. The van der Waals surface area contributed by atoms with Crippen molar-refractivity contribution in [2.75, 3.05) is 6.54 Å². The highest BCUT2D eigenvalue weighted by molar-refractivity contribution is 5.75. The van der Waals surface area contributed by atoms with Crippen LogP contribution in [0.1, 0.15) is 32.6 Å². The van der Waals surface area contributed by atoms with Crippen LogP contribution in [-0.2, 0) is 4.79 Å². The fraction of sp³-hybridized carbons (Fsp3) is 0.583. The first-order valence-corrected chi connectivity index (χ1v) is 5.41. The van der Waals surface area contributed by atoms with Crippen molar-refractivity contribution < 1.29 is 4.79 Å². The molecule has 1 aliphatic rings. The van der Waals surface area contributed by atoms with E-state index in [2.05, 4.69) is 29.6 Å². The van der Waals surface area contributed by atoms with E-state index in [4.69, 9.17) is 0 Å². The summed E-state index contributed by atoms with van der Waals surface area (Å²) < 4.78 is 0. The van der Waals surface area contributed by atoms with E-state index in [9.17, 15) is 4.79 Å². The number of amides is 1. The number of rotatable bonds is 4. The molecular formula is C12H19NO. The summed E-state index contributed by atoms with van der Waals surface area (Å²) in [5.74, 6) is 0.803. The number of nitrogens with one attached hydrogen (secondary N) is 1. The molecule has 0 heterocycles. The molecule has 1 atom stereocenters. The average Bonchev–Trinajstić information content (AvgIpc) is 2.25. The van der Waals surface area contributed by atoms with Gasteiger partial charge in [-0.1, -0.05) is 31.2 Å². The van der Waals surface area contributed by atoms with Crippen LogP contribution in [-0.4, -0.2) is 12.5 Å². The number of carbonyl (C=O) groups excluding carboxylic acids is 1. The van der Waals surface area contributed by atoms with Gasteiger partial charge in [-0.2, -0.15) is 0 Å². The van der Waals surface area contributed by atoms with Crippen LogP contribution in [0.5, 0.6) is 0 Å². The van der Waals surface area contributed by atoms with Gasteiger partial charge in [-0.3, -0.25) is 4.79 Å². The SMILES string of the molecule is CCC(=O)NCC=CC1CC=CCC1. The molecule has 1 rings (SSSR count). The normalized spacial score (nSPS) is 21.4. The van der Waals surface area contributed by atoms with Crippen LogP contribution >= 0.6 is 0 Å². The summed E-state index contributed by atoms with van der Waals surface area (Å²) in [7, 11) is 0. The van der Waals surface area contributed by atoms with E-state index >= 15 is 0 Å². The van der Waals surface area contributed by atoms with Gasteiger partial charge in [0.1, 0.15) is 0 Å². The molecule has 78 valence electrons. The van der Waals surface area contributed by atoms with Gasteiger partial charge >= 0.3 is 0 Å². The topological polar surface area (TPSA) is 29.1 Å². The second kappa shape index (κ2) is 6.41. The zero-order chi connectivity index (χ0) is 10.2. The van der Waals surface area contributed by atoms with Gasteiger partial charge in [-0.15, -0.1) is 0 Å². The molecule has 0 aromatic carbocycles. The molecule has 14 heavy (non-hydrogen) atoms. The van der Waals surface area contributed by atoms with E-state index in [1.165, 1.54) is 12.8 Å². The Bertz CT molecular complexity index is 230. The monoisotopic (exact) mass is 193 g/mol. The van der Waals surface area contributed by atoms with Gasteiger partial charge in [0, 0.05) is 13.0 Å². The highest BCUT2D eigenvalue weighted by Gasteiger charge is 2.04. The van der Waals surface area contributed by atoms with Crippen molar-refractivity contribution >= 4 is 5.91 Å². The average molecular weight is 193 g/mol. The quantitative estimate of drug-likeness (QED) is 0.683. The molecule has 2 heteroatoms. The lowest BCUT2D eigenvalue weighted by atomic mass is 9.94. The van der Waals surface area contributed by atoms with Crippen molar-refractivity contribution in [3.8, 4) is 0 Å². The van der Waals surface area contributed by atoms with Crippen LogP contribution in [0.2, 0.25) is 0 Å². The lowest BCUT2D eigenvalue weighted by molar-refractivity contribution is -0.120. The van der Waals surface area contributed by atoms with Crippen LogP contribution in [0.3, 0.4) is 0 Å². The Hall–Kier alpha value is -1.05. The van der Waals surface area contributed by atoms with Gasteiger partial charge in [-0.05, 0) is 25.2 Å². The Morgan fingerprint density at radius 1 is 1.57 bits per heavy atom. The molecule has 0 saturated heterocycles. The second-order valence-corrected chi connectivity index (χ2v) is 3.63. The first-order chi connectivity index (χ1) is 6.83. The van der Waals surface area contributed by atoms with Crippen molar-refractivity contribution in [3.05, 3.63) is 24.3 Å². The predicted octanol–water partition coefficient (Wildman–Crippen LogP) is 2.43. The Kier molecular flexibility index (Phi) is 5.05. The first kappa shape index (κ1) is 11.0. The fourth-order valence-electron chi connectivity index (χ4n) is 1.55. The number of carbonyl (C=O) groups is 1. The van der Waals surface area contributed by atoms with Crippen molar-refractivity contribution in [3.63, 3.8) is 0 Å². The lowest BCUT2D eigenvalue weighted by Gasteiger charge is -2.12. The van der Waals surface area contributed by atoms with Crippen LogP contribution in [0, 0.1) is 5.92 Å². The van der Waals surface area contributed by atoms with Crippen LogP contribution < -0.4 is 5.32 Å². The van der Waals surface area contributed by atoms with Gasteiger partial charge in [-0.25, -0.2) is 0 Å². The second-order valence-electron chi connectivity index (χ2n) is 3.63. The highest BCUT2D eigenvalue weighted by Crippen LogP contribution is 2.18. The highest BCUT2D eigenvalue weighted by atomic mass is 16.1. The number of allylic oxidation sites excluding steroid dienone is 3. The third-order valence-electron chi connectivity index (χ3n) is 2.46. The molecule has 0 aromatic heterocycles. The standard InChI is InChI=1S/C12H19NO/c1-2-12(14)13-10-6-9-11-7-4-3-5-8-11/h3-4,6,9,11H,2,5,7-8,10H2,1H3,(H,13,14). The lowest BCUT2D eigenvalue weighted by Crippen LogP contribution is -2.22. The summed E-state index contributed by atoms with van der Waals surface area (Å²) in [5, 5.41) is 2.83. The van der Waals surface area contributed by atoms with Gasteiger partial charge in [0.05, 0.1) is 0 Å². The van der Waals surface area contributed by atoms with Crippen LogP contribution in [0.4, 0.5) is 0 Å². The number of hydrogen-bond acceptors (Lipinski definition) is 1. The van der Waals surface area contributed by atoms with E-state index in [1.54, 1.807) is 0 Å². The first-order valence-electron chi connectivity index (χ1n) is 5.41. The zero-order valence-corrected chi connectivity index (χ0v) is 8.83. The van der Waals surface area contributed by atoms with Gasteiger partial charge in [0.15, 0.2) is 0 Å². The van der Waals surface area contributed by atoms with Gasteiger partial charge in [0.2, 0.25) is 5.91 Å². The molecule has 0 aliphatic heterocycles.